The van der Waals surface area contributed by atoms with Crippen LogP contribution in [-0.2, 0) is 4.79 Å². The van der Waals surface area contributed by atoms with E-state index < -0.39 is 0 Å². The van der Waals surface area contributed by atoms with Crippen LogP contribution in [0.5, 0.6) is 5.75 Å². The van der Waals surface area contributed by atoms with E-state index in [1.165, 1.54) is 6.08 Å². The van der Waals surface area contributed by atoms with Gasteiger partial charge in [-0.25, -0.2) is 9.97 Å². The minimum atomic E-state index is -0.296. The maximum Gasteiger partial charge on any atom is 0.247 e. The minimum absolute atomic E-state index is 0.296. The van der Waals surface area contributed by atoms with Crippen molar-refractivity contribution in [1.29, 1.82) is 0 Å². The molecule has 4 aromatic rings. The molecule has 0 aliphatic rings. The smallest absolute Gasteiger partial charge is 0.247 e. The van der Waals surface area contributed by atoms with Crippen LogP contribution < -0.4 is 25.6 Å². The first kappa shape index (κ1) is 24.0. The van der Waals surface area contributed by atoms with Crippen LogP contribution in [0.3, 0.4) is 0 Å². The average molecular weight is 489 g/mol. The standard InChI is InChI=1S/C26H28N6O2S/c1-6-23(33)28-19-14-20(22(34-5)15-21(19)32(4)7-2)29-26-30-24(18-11-12-35-25(18)31-26)16-9-8-10-17(13-16)27-3/h6,8-15,27H,1,7H2,2-5H3,(H,28,33)(H,29,30,31). The van der Waals surface area contributed by atoms with Gasteiger partial charge in [0.05, 0.1) is 29.9 Å². The maximum absolute atomic E-state index is 12.1. The van der Waals surface area contributed by atoms with Crippen molar-refractivity contribution in [1.82, 2.24) is 9.97 Å². The van der Waals surface area contributed by atoms with Gasteiger partial charge in [0.2, 0.25) is 11.9 Å². The van der Waals surface area contributed by atoms with Crippen LogP contribution in [0.4, 0.5) is 28.7 Å². The Balaban J connectivity index is 1.81. The van der Waals surface area contributed by atoms with Crippen molar-refractivity contribution in [3.8, 4) is 17.0 Å². The molecular formula is C26H28N6O2S. The highest BCUT2D eigenvalue weighted by Gasteiger charge is 2.17. The lowest BCUT2D eigenvalue weighted by Gasteiger charge is -2.23. The molecule has 0 aliphatic heterocycles. The van der Waals surface area contributed by atoms with Gasteiger partial charge in [-0.1, -0.05) is 18.7 Å². The minimum Gasteiger partial charge on any atom is -0.494 e. The molecule has 9 heteroatoms. The molecule has 2 heterocycles. The largest absolute Gasteiger partial charge is 0.494 e. The Hall–Kier alpha value is -4.11. The molecule has 1 amide bonds. The van der Waals surface area contributed by atoms with Crippen LogP contribution in [0.2, 0.25) is 0 Å². The van der Waals surface area contributed by atoms with Crippen LogP contribution in [0, 0.1) is 0 Å². The first-order valence-corrected chi connectivity index (χ1v) is 12.0. The van der Waals surface area contributed by atoms with Crippen molar-refractivity contribution in [2.45, 2.75) is 6.92 Å². The topological polar surface area (TPSA) is 91.4 Å². The van der Waals surface area contributed by atoms with Gasteiger partial charge in [0, 0.05) is 43.3 Å². The quantitative estimate of drug-likeness (QED) is 0.259. The summed E-state index contributed by atoms with van der Waals surface area (Å²) in [6, 6.07) is 13.8. The summed E-state index contributed by atoms with van der Waals surface area (Å²) < 4.78 is 5.67. The zero-order chi connectivity index (χ0) is 24.9. The first-order chi connectivity index (χ1) is 17.0. The van der Waals surface area contributed by atoms with Gasteiger partial charge >= 0.3 is 0 Å². The maximum atomic E-state index is 12.1. The molecule has 4 rings (SSSR count). The van der Waals surface area contributed by atoms with Crippen molar-refractivity contribution in [3.05, 3.63) is 60.5 Å². The molecule has 0 saturated heterocycles. The molecule has 0 bridgehead atoms. The van der Waals surface area contributed by atoms with Crippen molar-refractivity contribution in [2.24, 2.45) is 0 Å². The molecule has 0 spiro atoms. The van der Waals surface area contributed by atoms with E-state index in [1.54, 1.807) is 18.4 Å². The van der Waals surface area contributed by atoms with Crippen LogP contribution in [0.25, 0.3) is 21.5 Å². The number of anilines is 5. The van der Waals surface area contributed by atoms with Crippen LogP contribution in [0.1, 0.15) is 6.92 Å². The highest BCUT2D eigenvalue weighted by molar-refractivity contribution is 7.16. The molecule has 0 radical (unpaired) electrons. The molecule has 2 aromatic heterocycles. The number of carbonyl (C=O) groups is 1. The van der Waals surface area contributed by atoms with Gasteiger partial charge in [0.25, 0.3) is 0 Å². The molecule has 0 fully saturated rings. The van der Waals surface area contributed by atoms with E-state index >= 15 is 0 Å². The van der Waals surface area contributed by atoms with E-state index in [4.69, 9.17) is 14.7 Å². The molecule has 3 N–H and O–H groups in total. The molecule has 0 saturated carbocycles. The van der Waals surface area contributed by atoms with Crippen molar-refractivity contribution in [2.75, 3.05) is 48.6 Å². The summed E-state index contributed by atoms with van der Waals surface area (Å²) in [6.07, 6.45) is 1.24. The highest BCUT2D eigenvalue weighted by Crippen LogP contribution is 2.39. The molecular weight excluding hydrogens is 460 g/mol. The Morgan fingerprint density at radius 1 is 1.20 bits per heavy atom. The number of methoxy groups -OCH3 is 1. The SMILES string of the molecule is C=CC(=O)Nc1cc(Nc2nc(-c3cccc(NC)c3)c3ccsc3n2)c(OC)cc1N(C)CC. The number of hydrogen-bond acceptors (Lipinski definition) is 8. The van der Waals surface area contributed by atoms with E-state index in [0.717, 1.165) is 39.4 Å². The van der Waals surface area contributed by atoms with Gasteiger partial charge < -0.3 is 25.6 Å². The molecule has 0 aliphatic carbocycles. The summed E-state index contributed by atoms with van der Waals surface area (Å²) in [5, 5.41) is 12.4. The molecule has 2 aromatic carbocycles. The Labute approximate surface area is 208 Å². The van der Waals surface area contributed by atoms with Gasteiger partial charge in [-0.3, -0.25) is 4.79 Å². The fraction of sp³-hybridized carbons (Fsp3) is 0.192. The molecule has 0 unspecified atom stereocenters. The molecule has 0 atom stereocenters. The van der Waals surface area contributed by atoms with Crippen molar-refractivity contribution < 1.29 is 9.53 Å². The summed E-state index contributed by atoms with van der Waals surface area (Å²) >= 11 is 1.55. The number of fused-ring (bicyclic) bond motifs is 1. The summed E-state index contributed by atoms with van der Waals surface area (Å²) in [5.41, 5.74) is 4.89. The lowest BCUT2D eigenvalue weighted by molar-refractivity contribution is -0.111. The number of carbonyl (C=O) groups excluding carboxylic acids is 1. The van der Waals surface area contributed by atoms with Crippen molar-refractivity contribution >= 4 is 56.2 Å². The van der Waals surface area contributed by atoms with Gasteiger partial charge in [-0.2, -0.15) is 0 Å². The molecule has 8 nitrogen and oxygen atoms in total. The summed E-state index contributed by atoms with van der Waals surface area (Å²) in [4.78, 5) is 24.6. The lowest BCUT2D eigenvalue weighted by atomic mass is 10.1. The summed E-state index contributed by atoms with van der Waals surface area (Å²) in [7, 11) is 5.45. The third-order valence-corrected chi connectivity index (χ3v) is 6.45. The monoisotopic (exact) mass is 488 g/mol. The van der Waals surface area contributed by atoms with Gasteiger partial charge in [-0.05, 0) is 42.6 Å². The highest BCUT2D eigenvalue weighted by atomic mass is 32.1. The fourth-order valence-electron chi connectivity index (χ4n) is 3.68. The third kappa shape index (κ3) is 5.04. The predicted octanol–water partition coefficient (Wildman–Crippen LogP) is 5.73. The number of rotatable bonds is 9. The Morgan fingerprint density at radius 2 is 2.03 bits per heavy atom. The first-order valence-electron chi connectivity index (χ1n) is 11.1. The second-order valence-corrected chi connectivity index (χ2v) is 8.66. The second kappa shape index (κ2) is 10.4. The number of nitrogens with zero attached hydrogens (tertiary/aromatic N) is 3. The van der Waals surface area contributed by atoms with E-state index in [0.29, 0.717) is 23.1 Å². The predicted molar refractivity (Wildman–Crippen MR) is 146 cm³/mol. The lowest BCUT2D eigenvalue weighted by Crippen LogP contribution is -2.19. The average Bonchev–Trinajstić information content (AvgIpc) is 3.36. The Kier molecular flexibility index (Phi) is 7.17. The van der Waals surface area contributed by atoms with Crippen LogP contribution in [-0.4, -0.2) is 43.6 Å². The van der Waals surface area contributed by atoms with E-state index in [2.05, 4.69) is 28.6 Å². The van der Waals surface area contributed by atoms with Gasteiger partial charge in [0.15, 0.2) is 0 Å². The Morgan fingerprint density at radius 3 is 2.74 bits per heavy atom. The van der Waals surface area contributed by atoms with E-state index in [9.17, 15) is 4.79 Å². The molecule has 180 valence electrons. The second-order valence-electron chi connectivity index (χ2n) is 7.77. The van der Waals surface area contributed by atoms with E-state index in [1.807, 2.05) is 67.7 Å². The number of benzene rings is 2. The summed E-state index contributed by atoms with van der Waals surface area (Å²) in [5.74, 6) is 0.737. The number of aromatic nitrogens is 2. The zero-order valence-corrected chi connectivity index (χ0v) is 21.0. The fourth-order valence-corrected chi connectivity index (χ4v) is 4.44. The number of ether oxygens (including phenoxy) is 1. The normalized spacial score (nSPS) is 10.6. The van der Waals surface area contributed by atoms with E-state index in [-0.39, 0.29) is 5.91 Å². The number of amides is 1. The van der Waals surface area contributed by atoms with Crippen LogP contribution >= 0.6 is 11.3 Å². The van der Waals surface area contributed by atoms with Crippen LogP contribution in [0.15, 0.2) is 60.5 Å². The summed E-state index contributed by atoms with van der Waals surface area (Å²) in [6.45, 7) is 6.34. The third-order valence-electron chi connectivity index (χ3n) is 5.64. The Bertz CT molecular complexity index is 1380. The molecule has 35 heavy (non-hydrogen) atoms. The van der Waals surface area contributed by atoms with Gasteiger partial charge in [-0.15, -0.1) is 11.3 Å². The number of hydrogen-bond donors (Lipinski definition) is 3. The van der Waals surface area contributed by atoms with Crippen molar-refractivity contribution in [3.63, 3.8) is 0 Å². The van der Waals surface area contributed by atoms with Gasteiger partial charge in [0.1, 0.15) is 10.6 Å². The number of thiophene rings is 1. The zero-order valence-electron chi connectivity index (χ0n) is 20.2. The number of nitrogens with one attached hydrogen (secondary N) is 3.